The molecular formula is C15H12N6O2. The van der Waals surface area contributed by atoms with E-state index in [-0.39, 0.29) is 17.7 Å². The van der Waals surface area contributed by atoms with E-state index in [0.29, 0.717) is 22.4 Å². The zero-order valence-electron chi connectivity index (χ0n) is 12.2. The van der Waals surface area contributed by atoms with Gasteiger partial charge in [0, 0.05) is 19.3 Å². The largest absolute Gasteiger partial charge is 0.292 e. The molecule has 0 aliphatic rings. The predicted octanol–water partition coefficient (Wildman–Crippen LogP) is 0.186. The Hall–Kier alpha value is -3.29. The Morgan fingerprint density at radius 2 is 2.09 bits per heavy atom. The molecule has 0 amide bonds. The molecule has 0 fully saturated rings. The van der Waals surface area contributed by atoms with Crippen molar-refractivity contribution < 1.29 is 0 Å². The van der Waals surface area contributed by atoms with Crippen LogP contribution in [0.25, 0.3) is 16.7 Å². The van der Waals surface area contributed by atoms with E-state index in [1.54, 1.807) is 36.1 Å². The zero-order valence-corrected chi connectivity index (χ0v) is 12.2. The quantitative estimate of drug-likeness (QED) is 0.527. The molecule has 8 nitrogen and oxygen atoms in total. The maximum Gasteiger partial charge on any atom is 0.264 e. The summed E-state index contributed by atoms with van der Waals surface area (Å²) in [6.45, 7) is 0.178. The minimum atomic E-state index is -0.210. The van der Waals surface area contributed by atoms with Crippen molar-refractivity contribution in [3.8, 4) is 0 Å². The number of hydrogen-bond donors (Lipinski definition) is 0. The number of aryl methyl sites for hydroxylation is 1. The third-order valence-corrected chi connectivity index (χ3v) is 3.67. The highest BCUT2D eigenvalue weighted by atomic mass is 16.1. The van der Waals surface area contributed by atoms with E-state index in [0.717, 1.165) is 0 Å². The molecule has 0 unspecified atom stereocenters. The zero-order chi connectivity index (χ0) is 16.0. The van der Waals surface area contributed by atoms with Crippen molar-refractivity contribution in [2.45, 2.75) is 6.54 Å². The maximum atomic E-state index is 12.5. The van der Waals surface area contributed by atoms with Crippen LogP contribution < -0.4 is 11.1 Å². The summed E-state index contributed by atoms with van der Waals surface area (Å²) in [5, 5.41) is 4.47. The van der Waals surface area contributed by atoms with Crippen LogP contribution in [0.1, 0.15) is 5.69 Å². The fraction of sp³-hybridized carbons (Fsp3) is 0.133. The Balaban J connectivity index is 1.83. The standard InChI is InChI=1S/C15H12N6O2/c1-19-14-11(7-17-19)15(23)20(9-16-14)8-10-6-13(22)21-5-3-2-4-12(21)18-10/h2-7,9H,8H2,1H3. The number of pyridine rings is 1. The van der Waals surface area contributed by atoms with Gasteiger partial charge in [-0.2, -0.15) is 5.10 Å². The second-order valence-electron chi connectivity index (χ2n) is 5.20. The fourth-order valence-corrected chi connectivity index (χ4v) is 2.54. The highest BCUT2D eigenvalue weighted by Gasteiger charge is 2.09. The molecule has 4 heterocycles. The van der Waals surface area contributed by atoms with Crippen molar-refractivity contribution in [3.05, 3.63) is 69.4 Å². The number of nitrogens with zero attached hydrogens (tertiary/aromatic N) is 6. The highest BCUT2D eigenvalue weighted by Crippen LogP contribution is 2.05. The fourth-order valence-electron chi connectivity index (χ4n) is 2.54. The molecule has 114 valence electrons. The molecule has 8 heteroatoms. The molecule has 4 aromatic rings. The molecule has 0 radical (unpaired) electrons. The Morgan fingerprint density at radius 3 is 2.96 bits per heavy atom. The molecule has 4 rings (SSSR count). The third kappa shape index (κ3) is 2.11. The Kier molecular flexibility index (Phi) is 2.83. The summed E-state index contributed by atoms with van der Waals surface area (Å²) in [6, 6.07) is 6.74. The number of rotatable bonds is 2. The smallest absolute Gasteiger partial charge is 0.264 e. The molecule has 0 N–H and O–H groups in total. The van der Waals surface area contributed by atoms with Crippen LogP contribution in [0.2, 0.25) is 0 Å². The van der Waals surface area contributed by atoms with Gasteiger partial charge in [0.25, 0.3) is 11.1 Å². The van der Waals surface area contributed by atoms with Gasteiger partial charge in [-0.1, -0.05) is 6.07 Å². The normalized spacial score (nSPS) is 11.3. The first-order valence-corrected chi connectivity index (χ1v) is 6.98. The van der Waals surface area contributed by atoms with E-state index in [1.807, 2.05) is 0 Å². The van der Waals surface area contributed by atoms with E-state index in [9.17, 15) is 9.59 Å². The molecule has 0 aromatic carbocycles. The Labute approximate surface area is 129 Å². The van der Waals surface area contributed by atoms with Gasteiger partial charge < -0.3 is 0 Å². The highest BCUT2D eigenvalue weighted by molar-refractivity contribution is 5.72. The third-order valence-electron chi connectivity index (χ3n) is 3.67. The second-order valence-corrected chi connectivity index (χ2v) is 5.20. The molecule has 0 aliphatic heterocycles. The van der Waals surface area contributed by atoms with Crippen LogP contribution in [-0.2, 0) is 13.6 Å². The molecule has 4 aromatic heterocycles. The van der Waals surface area contributed by atoms with E-state index >= 15 is 0 Å². The van der Waals surface area contributed by atoms with Gasteiger partial charge >= 0.3 is 0 Å². The number of aromatic nitrogens is 6. The second kappa shape index (κ2) is 4.87. The van der Waals surface area contributed by atoms with Crippen LogP contribution in [0.5, 0.6) is 0 Å². The summed E-state index contributed by atoms with van der Waals surface area (Å²) in [5.74, 6) is 0. The van der Waals surface area contributed by atoms with Crippen molar-refractivity contribution in [2.24, 2.45) is 7.05 Å². The van der Waals surface area contributed by atoms with Gasteiger partial charge in [0.2, 0.25) is 0 Å². The summed E-state index contributed by atoms with van der Waals surface area (Å²) in [7, 11) is 1.73. The van der Waals surface area contributed by atoms with Crippen molar-refractivity contribution in [2.75, 3.05) is 0 Å². The van der Waals surface area contributed by atoms with Crippen LogP contribution in [0.4, 0.5) is 0 Å². The van der Waals surface area contributed by atoms with Crippen molar-refractivity contribution in [1.29, 1.82) is 0 Å². The Bertz CT molecular complexity index is 1150. The van der Waals surface area contributed by atoms with Gasteiger partial charge in [0.1, 0.15) is 17.4 Å². The van der Waals surface area contributed by atoms with Gasteiger partial charge in [-0.3, -0.25) is 23.2 Å². The lowest BCUT2D eigenvalue weighted by molar-refractivity contribution is 0.720. The van der Waals surface area contributed by atoms with Crippen molar-refractivity contribution >= 4 is 16.7 Å². The first-order chi connectivity index (χ1) is 11.1. The maximum absolute atomic E-state index is 12.5. The predicted molar refractivity (Wildman–Crippen MR) is 83.3 cm³/mol. The molecule has 0 spiro atoms. The van der Waals surface area contributed by atoms with Gasteiger partial charge in [-0.05, 0) is 12.1 Å². The molecule has 0 saturated carbocycles. The molecular weight excluding hydrogens is 296 g/mol. The van der Waals surface area contributed by atoms with E-state index in [2.05, 4.69) is 15.1 Å². The van der Waals surface area contributed by atoms with Gasteiger partial charge in [0.05, 0.1) is 18.4 Å². The van der Waals surface area contributed by atoms with Crippen LogP contribution in [0.3, 0.4) is 0 Å². The molecule has 0 saturated heterocycles. The topological polar surface area (TPSA) is 87.1 Å². The average Bonchev–Trinajstić information content (AvgIpc) is 2.92. The lowest BCUT2D eigenvalue weighted by Crippen LogP contribution is -2.23. The Morgan fingerprint density at radius 1 is 1.22 bits per heavy atom. The van der Waals surface area contributed by atoms with E-state index < -0.39 is 0 Å². The van der Waals surface area contributed by atoms with Gasteiger partial charge in [-0.15, -0.1) is 0 Å². The SMILES string of the molecule is Cn1ncc2c(=O)n(Cc3cc(=O)n4ccccc4n3)cnc21. The van der Waals surface area contributed by atoms with Crippen LogP contribution in [0.15, 0.2) is 52.6 Å². The monoisotopic (exact) mass is 308 g/mol. The molecule has 23 heavy (non-hydrogen) atoms. The van der Waals surface area contributed by atoms with Gasteiger partial charge in [-0.25, -0.2) is 9.97 Å². The average molecular weight is 308 g/mol. The minimum Gasteiger partial charge on any atom is -0.292 e. The van der Waals surface area contributed by atoms with E-state index in [1.165, 1.54) is 27.6 Å². The summed E-state index contributed by atoms with van der Waals surface area (Å²) >= 11 is 0. The van der Waals surface area contributed by atoms with Crippen molar-refractivity contribution in [3.63, 3.8) is 0 Å². The first-order valence-electron chi connectivity index (χ1n) is 6.98. The summed E-state index contributed by atoms with van der Waals surface area (Å²) < 4.78 is 4.42. The summed E-state index contributed by atoms with van der Waals surface area (Å²) in [5.41, 5.74) is 1.18. The number of fused-ring (bicyclic) bond motifs is 2. The molecule has 0 bridgehead atoms. The van der Waals surface area contributed by atoms with Gasteiger partial charge in [0.15, 0.2) is 5.65 Å². The van der Waals surface area contributed by atoms with Crippen LogP contribution in [-0.4, -0.2) is 28.7 Å². The summed E-state index contributed by atoms with van der Waals surface area (Å²) in [6.07, 6.45) is 4.59. The molecule has 0 atom stereocenters. The van der Waals surface area contributed by atoms with Crippen LogP contribution >= 0.6 is 0 Å². The number of hydrogen-bond acceptors (Lipinski definition) is 5. The lowest BCUT2D eigenvalue weighted by atomic mass is 10.3. The lowest BCUT2D eigenvalue weighted by Gasteiger charge is -2.06. The van der Waals surface area contributed by atoms with E-state index in [4.69, 9.17) is 0 Å². The first kappa shape index (κ1) is 13.4. The van der Waals surface area contributed by atoms with Crippen LogP contribution in [0, 0.1) is 0 Å². The minimum absolute atomic E-state index is 0.178. The summed E-state index contributed by atoms with van der Waals surface area (Å²) in [4.78, 5) is 33.2. The van der Waals surface area contributed by atoms with Crippen molar-refractivity contribution in [1.82, 2.24) is 28.7 Å². The molecule has 0 aliphatic carbocycles.